The van der Waals surface area contributed by atoms with Gasteiger partial charge in [0.1, 0.15) is 11.3 Å². The van der Waals surface area contributed by atoms with Crippen LogP contribution in [0.15, 0.2) is 28.7 Å². The van der Waals surface area contributed by atoms with Crippen molar-refractivity contribution in [1.82, 2.24) is 15.1 Å². The molecule has 0 saturated carbocycles. The highest BCUT2D eigenvalue weighted by Gasteiger charge is 2.30. The van der Waals surface area contributed by atoms with E-state index in [1.807, 2.05) is 31.2 Å². The third-order valence-electron chi connectivity index (χ3n) is 6.39. The third kappa shape index (κ3) is 4.37. The molecule has 6 heteroatoms. The molecule has 0 unspecified atom stereocenters. The van der Waals surface area contributed by atoms with E-state index in [1.165, 1.54) is 25.9 Å². The van der Waals surface area contributed by atoms with Crippen molar-refractivity contribution >= 4 is 28.5 Å². The Kier molecular flexibility index (Phi) is 5.95. The zero-order chi connectivity index (χ0) is 19.7. The molecule has 28 heavy (non-hydrogen) atoms. The van der Waals surface area contributed by atoms with Crippen molar-refractivity contribution in [2.24, 2.45) is 5.92 Å². The summed E-state index contributed by atoms with van der Waals surface area (Å²) in [6.07, 6.45) is 4.39. The Morgan fingerprint density at radius 1 is 1.14 bits per heavy atom. The highest BCUT2D eigenvalue weighted by molar-refractivity contribution is 6.31. The molecule has 0 radical (unpaired) electrons. The van der Waals surface area contributed by atoms with Crippen molar-refractivity contribution in [1.29, 1.82) is 0 Å². The number of benzene rings is 1. The van der Waals surface area contributed by atoms with Crippen LogP contribution in [0.1, 0.15) is 44.4 Å². The van der Waals surface area contributed by atoms with E-state index in [0.29, 0.717) is 11.1 Å². The molecule has 3 heterocycles. The molecule has 4 rings (SSSR count). The molecular formula is C22H30ClN3O2. The van der Waals surface area contributed by atoms with E-state index in [-0.39, 0.29) is 17.9 Å². The SMILES string of the molecule is C[C@@H](NC(=O)C1CCN(C2CCN(C)CC2)CC1)c1cc2cc(Cl)ccc2o1. The molecule has 1 N–H and O–H groups in total. The van der Waals surface area contributed by atoms with Gasteiger partial charge in [0.2, 0.25) is 5.91 Å². The molecule has 1 aromatic carbocycles. The molecule has 0 spiro atoms. The normalized spacial score (nSPS) is 21.8. The molecule has 0 aliphatic carbocycles. The lowest BCUT2D eigenvalue weighted by Crippen LogP contribution is -2.48. The fraction of sp³-hybridized carbons (Fsp3) is 0.591. The van der Waals surface area contributed by atoms with Crippen LogP contribution in [0.2, 0.25) is 5.02 Å². The average molecular weight is 404 g/mol. The van der Waals surface area contributed by atoms with Crippen molar-refractivity contribution in [2.45, 2.75) is 44.7 Å². The number of halogens is 1. The summed E-state index contributed by atoms with van der Waals surface area (Å²) in [5.41, 5.74) is 0.798. The van der Waals surface area contributed by atoms with Gasteiger partial charge in [-0.05, 0) is 90.1 Å². The van der Waals surface area contributed by atoms with E-state index in [1.54, 1.807) is 0 Å². The molecule has 0 bridgehead atoms. The molecule has 2 aromatic rings. The first-order chi connectivity index (χ1) is 13.5. The predicted octanol–water partition coefficient (Wildman–Crippen LogP) is 4.07. The number of hydrogen-bond acceptors (Lipinski definition) is 4. The summed E-state index contributed by atoms with van der Waals surface area (Å²) < 4.78 is 5.89. The van der Waals surface area contributed by atoms with E-state index in [4.69, 9.17) is 16.0 Å². The monoisotopic (exact) mass is 403 g/mol. The lowest BCUT2D eigenvalue weighted by molar-refractivity contribution is -0.127. The smallest absolute Gasteiger partial charge is 0.223 e. The first kappa shape index (κ1) is 19.7. The topological polar surface area (TPSA) is 48.7 Å². The summed E-state index contributed by atoms with van der Waals surface area (Å²) in [6.45, 7) is 6.41. The van der Waals surface area contributed by atoms with Crippen LogP contribution >= 0.6 is 11.6 Å². The van der Waals surface area contributed by atoms with Crippen molar-refractivity contribution in [3.05, 3.63) is 35.0 Å². The van der Waals surface area contributed by atoms with E-state index in [2.05, 4.69) is 22.2 Å². The van der Waals surface area contributed by atoms with Gasteiger partial charge in [0.05, 0.1) is 6.04 Å². The van der Waals surface area contributed by atoms with Gasteiger partial charge in [0, 0.05) is 22.4 Å². The predicted molar refractivity (Wildman–Crippen MR) is 113 cm³/mol. The Bertz CT molecular complexity index is 820. The summed E-state index contributed by atoms with van der Waals surface area (Å²) in [7, 11) is 2.20. The maximum atomic E-state index is 12.8. The lowest BCUT2D eigenvalue weighted by Gasteiger charge is -2.40. The van der Waals surface area contributed by atoms with Crippen molar-refractivity contribution in [3.63, 3.8) is 0 Å². The number of piperidine rings is 2. The lowest BCUT2D eigenvalue weighted by atomic mass is 9.92. The van der Waals surface area contributed by atoms with Crippen LogP contribution in [0.25, 0.3) is 11.0 Å². The molecule has 1 aromatic heterocycles. The Labute approximate surface area is 172 Å². The minimum atomic E-state index is -0.148. The quantitative estimate of drug-likeness (QED) is 0.835. The van der Waals surface area contributed by atoms with E-state index >= 15 is 0 Å². The van der Waals surface area contributed by atoms with Gasteiger partial charge in [-0.1, -0.05) is 11.6 Å². The number of nitrogens with zero attached hydrogens (tertiary/aromatic N) is 2. The largest absolute Gasteiger partial charge is 0.459 e. The van der Waals surface area contributed by atoms with Crippen LogP contribution in [0.3, 0.4) is 0 Å². The van der Waals surface area contributed by atoms with E-state index in [9.17, 15) is 4.79 Å². The van der Waals surface area contributed by atoms with Gasteiger partial charge in [-0.2, -0.15) is 0 Å². The van der Waals surface area contributed by atoms with Gasteiger partial charge >= 0.3 is 0 Å². The van der Waals surface area contributed by atoms with Gasteiger partial charge < -0.3 is 19.5 Å². The Hall–Kier alpha value is -1.56. The van der Waals surface area contributed by atoms with Crippen molar-refractivity contribution in [3.8, 4) is 0 Å². The summed E-state index contributed by atoms with van der Waals surface area (Å²) >= 11 is 6.05. The number of amides is 1. The van der Waals surface area contributed by atoms with Crippen LogP contribution in [0, 0.1) is 5.92 Å². The van der Waals surface area contributed by atoms with Gasteiger partial charge in [0.25, 0.3) is 0 Å². The molecule has 5 nitrogen and oxygen atoms in total. The second-order valence-corrected chi connectivity index (χ2v) is 8.84. The minimum absolute atomic E-state index is 0.101. The van der Waals surface area contributed by atoms with E-state index in [0.717, 1.165) is 42.7 Å². The van der Waals surface area contributed by atoms with Crippen molar-refractivity contribution < 1.29 is 9.21 Å². The molecule has 1 amide bonds. The summed E-state index contributed by atoms with van der Waals surface area (Å²) in [5, 5.41) is 4.81. The summed E-state index contributed by atoms with van der Waals surface area (Å²) in [4.78, 5) is 17.8. The average Bonchev–Trinajstić information content (AvgIpc) is 3.12. The highest BCUT2D eigenvalue weighted by Crippen LogP contribution is 2.28. The zero-order valence-corrected chi connectivity index (χ0v) is 17.5. The summed E-state index contributed by atoms with van der Waals surface area (Å²) in [5.74, 6) is 1.02. The second kappa shape index (κ2) is 8.44. The fourth-order valence-corrected chi connectivity index (χ4v) is 4.72. The summed E-state index contributed by atoms with van der Waals surface area (Å²) in [6, 6.07) is 8.09. The first-order valence-electron chi connectivity index (χ1n) is 10.4. The zero-order valence-electron chi connectivity index (χ0n) is 16.8. The molecule has 2 fully saturated rings. The first-order valence-corrected chi connectivity index (χ1v) is 10.8. The molecule has 2 saturated heterocycles. The van der Waals surface area contributed by atoms with Gasteiger partial charge in [-0.25, -0.2) is 0 Å². The Morgan fingerprint density at radius 3 is 2.57 bits per heavy atom. The molecule has 152 valence electrons. The Morgan fingerprint density at radius 2 is 1.86 bits per heavy atom. The van der Waals surface area contributed by atoms with Gasteiger partial charge in [-0.15, -0.1) is 0 Å². The number of carbonyl (C=O) groups excluding carboxylic acids is 1. The maximum Gasteiger partial charge on any atom is 0.223 e. The standard InChI is InChI=1S/C22H30ClN3O2/c1-15(21-14-17-13-18(23)3-4-20(17)28-21)24-22(27)16-5-11-26(12-6-16)19-7-9-25(2)10-8-19/h3-4,13-16,19H,5-12H2,1-2H3,(H,24,27)/t15-/m1/s1. The number of nitrogens with one attached hydrogen (secondary N) is 1. The molecule has 1 atom stereocenters. The van der Waals surface area contributed by atoms with E-state index < -0.39 is 0 Å². The second-order valence-electron chi connectivity index (χ2n) is 8.41. The molecule has 2 aliphatic heterocycles. The van der Waals surface area contributed by atoms with Gasteiger partial charge in [0.15, 0.2) is 0 Å². The van der Waals surface area contributed by atoms with Crippen molar-refractivity contribution in [2.75, 3.05) is 33.2 Å². The minimum Gasteiger partial charge on any atom is -0.459 e. The number of fused-ring (bicyclic) bond motifs is 1. The molecule has 2 aliphatic rings. The number of carbonyl (C=O) groups is 1. The fourth-order valence-electron chi connectivity index (χ4n) is 4.54. The number of rotatable bonds is 4. The van der Waals surface area contributed by atoms with Crippen LogP contribution in [0.5, 0.6) is 0 Å². The highest BCUT2D eigenvalue weighted by atomic mass is 35.5. The van der Waals surface area contributed by atoms with Crippen LogP contribution in [0.4, 0.5) is 0 Å². The molecular weight excluding hydrogens is 374 g/mol. The Balaban J connectivity index is 1.30. The number of likely N-dealkylation sites (tertiary alicyclic amines) is 2. The van der Waals surface area contributed by atoms with Crippen LogP contribution < -0.4 is 5.32 Å². The van der Waals surface area contributed by atoms with Gasteiger partial charge in [-0.3, -0.25) is 4.79 Å². The number of furan rings is 1. The van der Waals surface area contributed by atoms with Crippen LogP contribution in [-0.2, 0) is 4.79 Å². The number of hydrogen-bond donors (Lipinski definition) is 1. The third-order valence-corrected chi connectivity index (χ3v) is 6.62. The van der Waals surface area contributed by atoms with Crippen LogP contribution in [-0.4, -0.2) is 55.0 Å². The maximum absolute atomic E-state index is 12.8.